The third-order valence-electron chi connectivity index (χ3n) is 6.42. The summed E-state index contributed by atoms with van der Waals surface area (Å²) in [5.74, 6) is 1.65. The Kier molecular flexibility index (Phi) is 8.62. The average molecular weight is 504 g/mol. The number of carbonyl (C=O) groups excluding carboxylic acids is 1. The number of aromatic nitrogens is 3. The topological polar surface area (TPSA) is 111 Å². The fourth-order valence-electron chi connectivity index (χ4n) is 4.60. The number of nitrogens with one attached hydrogen (secondary N) is 1. The van der Waals surface area contributed by atoms with Gasteiger partial charge in [-0.3, -0.25) is 4.79 Å². The van der Waals surface area contributed by atoms with Crippen molar-refractivity contribution < 1.29 is 19.0 Å². The number of nitrogens with zero attached hydrogens (tertiary/aromatic N) is 4. The zero-order chi connectivity index (χ0) is 26.2. The third kappa shape index (κ3) is 6.58. The number of hydrogen-bond acceptors (Lipinski definition) is 8. The molecule has 3 aromatic rings. The number of carbonyl (C=O) groups is 1. The average Bonchev–Trinajstić information content (AvgIpc) is 3.26. The van der Waals surface area contributed by atoms with E-state index in [4.69, 9.17) is 19.2 Å². The van der Waals surface area contributed by atoms with Gasteiger partial charge in [-0.1, -0.05) is 6.07 Å². The van der Waals surface area contributed by atoms with E-state index in [0.29, 0.717) is 43.2 Å². The molecule has 0 bridgehead atoms. The molecule has 0 aliphatic carbocycles. The Morgan fingerprint density at radius 2 is 2.11 bits per heavy atom. The highest BCUT2D eigenvalue weighted by molar-refractivity contribution is 5.71. The van der Waals surface area contributed by atoms with E-state index in [9.17, 15) is 10.1 Å². The van der Waals surface area contributed by atoms with E-state index >= 15 is 0 Å². The summed E-state index contributed by atoms with van der Waals surface area (Å²) < 4.78 is 18.5. The number of nitriles is 1. The monoisotopic (exact) mass is 503 g/mol. The van der Waals surface area contributed by atoms with E-state index in [-0.39, 0.29) is 18.3 Å². The molecule has 1 aliphatic rings. The lowest BCUT2D eigenvalue weighted by Gasteiger charge is -2.19. The zero-order valence-corrected chi connectivity index (χ0v) is 21.6. The first-order chi connectivity index (χ1) is 18.0. The number of benzene rings is 1. The molecule has 0 spiro atoms. The van der Waals surface area contributed by atoms with E-state index < -0.39 is 0 Å². The predicted octanol–water partition coefficient (Wildman–Crippen LogP) is 3.95. The number of pyridine rings is 1. The summed E-state index contributed by atoms with van der Waals surface area (Å²) in [6, 6.07) is 13.5. The van der Waals surface area contributed by atoms with Crippen molar-refractivity contribution >= 4 is 11.8 Å². The van der Waals surface area contributed by atoms with Gasteiger partial charge in [0, 0.05) is 37.7 Å². The van der Waals surface area contributed by atoms with Gasteiger partial charge in [0.2, 0.25) is 5.88 Å². The molecule has 9 nitrogen and oxygen atoms in total. The minimum Gasteiger partial charge on any atom is -0.496 e. The molecule has 0 saturated carbocycles. The van der Waals surface area contributed by atoms with E-state index in [2.05, 4.69) is 28.6 Å². The number of hydrogen-bond donors (Lipinski definition) is 1. The number of fused-ring (bicyclic) bond motifs is 1. The number of ether oxygens (including phenoxy) is 3. The first kappa shape index (κ1) is 26.0. The maximum Gasteiger partial charge on any atom is 0.306 e. The van der Waals surface area contributed by atoms with Crippen LogP contribution in [0.3, 0.4) is 0 Å². The van der Waals surface area contributed by atoms with Gasteiger partial charge < -0.3 is 19.5 Å². The Labute approximate surface area is 217 Å². The minimum atomic E-state index is -0.309. The van der Waals surface area contributed by atoms with Crippen molar-refractivity contribution in [2.45, 2.75) is 44.9 Å². The lowest BCUT2D eigenvalue weighted by atomic mass is 9.89. The predicted molar refractivity (Wildman–Crippen MR) is 139 cm³/mol. The van der Waals surface area contributed by atoms with Gasteiger partial charge in [0.25, 0.3) is 0 Å². The Morgan fingerprint density at radius 3 is 2.89 bits per heavy atom. The molecule has 4 rings (SSSR count). The van der Waals surface area contributed by atoms with E-state index in [1.54, 1.807) is 36.9 Å². The van der Waals surface area contributed by atoms with Crippen molar-refractivity contribution in [3.8, 4) is 17.7 Å². The van der Waals surface area contributed by atoms with Gasteiger partial charge in [-0.15, -0.1) is 0 Å². The van der Waals surface area contributed by atoms with Gasteiger partial charge >= 0.3 is 5.97 Å². The van der Waals surface area contributed by atoms with Crippen LogP contribution in [0.25, 0.3) is 0 Å². The van der Waals surface area contributed by atoms with Crippen LogP contribution in [-0.4, -0.2) is 47.6 Å². The van der Waals surface area contributed by atoms with Gasteiger partial charge in [-0.05, 0) is 61.6 Å². The summed E-state index contributed by atoms with van der Waals surface area (Å²) in [6.45, 7) is 3.51. The molecule has 3 heterocycles. The summed E-state index contributed by atoms with van der Waals surface area (Å²) in [4.78, 5) is 17.1. The molecule has 1 atom stereocenters. The summed E-state index contributed by atoms with van der Waals surface area (Å²) in [5, 5.41) is 17.4. The van der Waals surface area contributed by atoms with Gasteiger partial charge in [-0.25, -0.2) is 9.67 Å². The molecule has 0 saturated heterocycles. The van der Waals surface area contributed by atoms with Gasteiger partial charge in [0.05, 0.1) is 44.1 Å². The zero-order valence-electron chi connectivity index (χ0n) is 21.6. The molecular weight excluding hydrogens is 470 g/mol. The number of aryl methyl sites for hydroxylation is 2. The summed E-state index contributed by atoms with van der Waals surface area (Å²) in [5.41, 5.74) is 4.29. The van der Waals surface area contributed by atoms with Crippen molar-refractivity contribution in [1.82, 2.24) is 14.8 Å². The van der Waals surface area contributed by atoms with E-state index in [1.807, 2.05) is 13.1 Å². The van der Waals surface area contributed by atoms with Crippen LogP contribution in [0.2, 0.25) is 0 Å². The van der Waals surface area contributed by atoms with Crippen LogP contribution in [0.5, 0.6) is 11.6 Å². The molecule has 2 aromatic heterocycles. The maximum absolute atomic E-state index is 12.4. The Bertz CT molecular complexity index is 1280. The summed E-state index contributed by atoms with van der Waals surface area (Å²) in [7, 11) is 3.41. The maximum atomic E-state index is 12.4. The van der Waals surface area contributed by atoms with Crippen LogP contribution in [-0.2, 0) is 35.8 Å². The van der Waals surface area contributed by atoms with Crippen LogP contribution < -0.4 is 14.8 Å². The van der Waals surface area contributed by atoms with E-state index in [1.165, 1.54) is 5.56 Å². The molecule has 1 aliphatic heterocycles. The van der Waals surface area contributed by atoms with Gasteiger partial charge in [-0.2, -0.15) is 10.4 Å². The summed E-state index contributed by atoms with van der Waals surface area (Å²) >= 11 is 0. The van der Waals surface area contributed by atoms with Crippen LogP contribution in [0, 0.1) is 11.3 Å². The smallest absolute Gasteiger partial charge is 0.306 e. The van der Waals surface area contributed by atoms with Crippen molar-refractivity contribution in [3.05, 3.63) is 64.5 Å². The van der Waals surface area contributed by atoms with Crippen molar-refractivity contribution in [2.75, 3.05) is 32.2 Å². The molecule has 37 heavy (non-hydrogen) atoms. The minimum absolute atomic E-state index is 0.143. The Hall–Kier alpha value is -4.06. The third-order valence-corrected chi connectivity index (χ3v) is 6.42. The van der Waals surface area contributed by atoms with Gasteiger partial charge in [0.1, 0.15) is 11.6 Å². The molecule has 0 radical (unpaired) electrons. The second kappa shape index (κ2) is 12.3. The Balaban J connectivity index is 1.46. The highest BCUT2D eigenvalue weighted by Gasteiger charge is 2.23. The number of anilines is 1. The largest absolute Gasteiger partial charge is 0.496 e. The molecular formula is C28H33N5O4. The first-order valence-electron chi connectivity index (χ1n) is 12.6. The standard InChI is InChI=1S/C28H33N5O4/c1-4-36-27(34)16-21(24-14-19(18-29)7-10-25(24)35-3)15-23-17-26(33(2)32-23)37-13-11-22-9-8-20-6-5-12-30-28(20)31-22/h7-10,14,17,21H,4-6,11-13,15-16H2,1-3H3,(H,30,31). The molecule has 1 unspecified atom stereocenters. The van der Waals surface area contributed by atoms with Crippen molar-refractivity contribution in [1.29, 1.82) is 5.26 Å². The second-order valence-electron chi connectivity index (χ2n) is 9.02. The number of rotatable bonds is 11. The molecule has 9 heteroatoms. The fraction of sp³-hybridized carbons (Fsp3) is 0.429. The summed E-state index contributed by atoms with van der Waals surface area (Å²) in [6.07, 6.45) is 3.48. The highest BCUT2D eigenvalue weighted by atomic mass is 16.5. The van der Waals surface area contributed by atoms with Crippen LogP contribution in [0.4, 0.5) is 5.82 Å². The number of methoxy groups -OCH3 is 1. The van der Waals surface area contributed by atoms with Crippen LogP contribution >= 0.6 is 0 Å². The second-order valence-corrected chi connectivity index (χ2v) is 9.02. The molecule has 1 aromatic carbocycles. The van der Waals surface area contributed by atoms with Crippen LogP contribution in [0.15, 0.2) is 36.4 Å². The normalized spacial score (nSPS) is 13.1. The quantitative estimate of drug-likeness (QED) is 0.392. The van der Waals surface area contributed by atoms with Crippen molar-refractivity contribution in [2.24, 2.45) is 7.05 Å². The molecule has 0 fully saturated rings. The van der Waals surface area contributed by atoms with Crippen molar-refractivity contribution in [3.63, 3.8) is 0 Å². The number of esters is 1. The SMILES string of the molecule is CCOC(=O)CC(Cc1cc(OCCc2ccc3c(n2)NCCC3)n(C)n1)c1cc(C#N)ccc1OC. The van der Waals surface area contributed by atoms with E-state index in [0.717, 1.165) is 42.2 Å². The van der Waals surface area contributed by atoms with Crippen LogP contribution in [0.1, 0.15) is 53.8 Å². The first-order valence-corrected chi connectivity index (χ1v) is 12.6. The lowest BCUT2D eigenvalue weighted by Crippen LogP contribution is -2.14. The Morgan fingerprint density at radius 1 is 1.24 bits per heavy atom. The van der Waals surface area contributed by atoms with Gasteiger partial charge in [0.15, 0.2) is 0 Å². The fourth-order valence-corrected chi connectivity index (χ4v) is 4.60. The lowest BCUT2D eigenvalue weighted by molar-refractivity contribution is -0.143. The molecule has 194 valence electrons. The molecule has 0 amide bonds. The highest BCUT2D eigenvalue weighted by Crippen LogP contribution is 2.33. The molecule has 1 N–H and O–H groups in total.